The molecule has 0 bridgehead atoms. The number of benzene rings is 1. The molecule has 2 N–H and O–H groups in total. The van der Waals surface area contributed by atoms with Gasteiger partial charge in [-0.15, -0.1) is 0 Å². The van der Waals surface area contributed by atoms with E-state index >= 15 is 0 Å². The van der Waals surface area contributed by atoms with E-state index in [1.165, 1.54) is 0 Å². The Hall–Kier alpha value is -2.60. The van der Waals surface area contributed by atoms with Crippen molar-refractivity contribution in [2.75, 3.05) is 39.6 Å². The zero-order valence-electron chi connectivity index (χ0n) is 14.4. The smallest absolute Gasteiger partial charge is 0.253 e. The fourth-order valence-corrected chi connectivity index (χ4v) is 2.07. The van der Waals surface area contributed by atoms with E-state index in [9.17, 15) is 4.79 Å². The van der Waals surface area contributed by atoms with Crippen LogP contribution in [-0.4, -0.2) is 50.1 Å². The SMILES string of the molecule is COc1ccc(CNC(=O)c2ccc(NCCN(C)C)nc2)cc1. The molecule has 2 aromatic rings. The summed E-state index contributed by atoms with van der Waals surface area (Å²) < 4.78 is 5.11. The molecule has 0 radical (unpaired) electrons. The molecule has 6 nitrogen and oxygen atoms in total. The molecule has 24 heavy (non-hydrogen) atoms. The third kappa shape index (κ3) is 5.55. The first-order valence-electron chi connectivity index (χ1n) is 7.84. The normalized spacial score (nSPS) is 10.5. The van der Waals surface area contributed by atoms with Crippen molar-refractivity contribution in [3.8, 4) is 5.75 Å². The van der Waals surface area contributed by atoms with Crippen molar-refractivity contribution in [1.29, 1.82) is 0 Å². The minimum absolute atomic E-state index is 0.141. The van der Waals surface area contributed by atoms with Gasteiger partial charge in [0.05, 0.1) is 12.7 Å². The van der Waals surface area contributed by atoms with Crippen molar-refractivity contribution in [2.24, 2.45) is 0 Å². The Morgan fingerprint density at radius 2 is 1.92 bits per heavy atom. The summed E-state index contributed by atoms with van der Waals surface area (Å²) in [5, 5.41) is 6.10. The van der Waals surface area contributed by atoms with Crippen molar-refractivity contribution in [3.05, 3.63) is 53.7 Å². The van der Waals surface area contributed by atoms with E-state index in [1.54, 1.807) is 19.4 Å². The second-order valence-electron chi connectivity index (χ2n) is 5.69. The maximum atomic E-state index is 12.2. The predicted molar refractivity (Wildman–Crippen MR) is 95.4 cm³/mol. The number of hydrogen-bond donors (Lipinski definition) is 2. The Morgan fingerprint density at radius 3 is 2.50 bits per heavy atom. The maximum Gasteiger partial charge on any atom is 0.253 e. The largest absolute Gasteiger partial charge is 0.497 e. The number of methoxy groups -OCH3 is 1. The van der Waals surface area contributed by atoms with Crippen LogP contribution < -0.4 is 15.4 Å². The van der Waals surface area contributed by atoms with E-state index in [0.717, 1.165) is 30.2 Å². The number of pyridine rings is 1. The molecule has 0 aliphatic rings. The average molecular weight is 328 g/mol. The van der Waals surface area contributed by atoms with Crippen LogP contribution in [0.4, 0.5) is 5.82 Å². The summed E-state index contributed by atoms with van der Waals surface area (Å²) in [4.78, 5) is 18.5. The van der Waals surface area contributed by atoms with Crippen LogP contribution in [0.2, 0.25) is 0 Å². The summed E-state index contributed by atoms with van der Waals surface area (Å²) in [5.74, 6) is 1.42. The highest BCUT2D eigenvalue weighted by atomic mass is 16.5. The fraction of sp³-hybridized carbons (Fsp3) is 0.333. The number of hydrogen-bond acceptors (Lipinski definition) is 5. The molecule has 6 heteroatoms. The Balaban J connectivity index is 1.83. The van der Waals surface area contributed by atoms with E-state index in [-0.39, 0.29) is 5.91 Å². The van der Waals surface area contributed by atoms with Crippen LogP contribution in [0.15, 0.2) is 42.6 Å². The molecule has 1 aromatic heterocycles. The lowest BCUT2D eigenvalue weighted by Gasteiger charge is -2.11. The van der Waals surface area contributed by atoms with Gasteiger partial charge in [0.15, 0.2) is 0 Å². The lowest BCUT2D eigenvalue weighted by Crippen LogP contribution is -2.23. The second kappa shape index (κ2) is 8.88. The Kier molecular flexibility index (Phi) is 6.57. The van der Waals surface area contributed by atoms with Gasteiger partial charge in [0.1, 0.15) is 11.6 Å². The molecule has 0 spiro atoms. The average Bonchev–Trinajstić information content (AvgIpc) is 2.60. The van der Waals surface area contributed by atoms with E-state index in [4.69, 9.17) is 4.74 Å². The van der Waals surface area contributed by atoms with Crippen LogP contribution in [0.3, 0.4) is 0 Å². The molecule has 0 saturated carbocycles. The summed E-state index contributed by atoms with van der Waals surface area (Å²) >= 11 is 0. The van der Waals surface area contributed by atoms with Gasteiger partial charge in [0.25, 0.3) is 5.91 Å². The Bertz CT molecular complexity index is 639. The molecule has 128 valence electrons. The topological polar surface area (TPSA) is 66.5 Å². The van der Waals surface area contributed by atoms with Gasteiger partial charge in [0, 0.05) is 25.8 Å². The molecule has 0 atom stereocenters. The molecule has 0 fully saturated rings. The van der Waals surface area contributed by atoms with E-state index in [0.29, 0.717) is 12.1 Å². The highest BCUT2D eigenvalue weighted by Gasteiger charge is 2.06. The van der Waals surface area contributed by atoms with Gasteiger partial charge in [-0.3, -0.25) is 4.79 Å². The van der Waals surface area contributed by atoms with Crippen LogP contribution in [0.25, 0.3) is 0 Å². The summed E-state index contributed by atoms with van der Waals surface area (Å²) in [6, 6.07) is 11.2. The number of rotatable bonds is 8. The summed E-state index contributed by atoms with van der Waals surface area (Å²) in [5.41, 5.74) is 1.56. The summed E-state index contributed by atoms with van der Waals surface area (Å²) in [6.07, 6.45) is 1.58. The number of amides is 1. The lowest BCUT2D eigenvalue weighted by atomic mass is 10.2. The van der Waals surface area contributed by atoms with Gasteiger partial charge in [-0.05, 0) is 43.9 Å². The maximum absolute atomic E-state index is 12.2. The van der Waals surface area contributed by atoms with Crippen LogP contribution >= 0.6 is 0 Å². The van der Waals surface area contributed by atoms with Crippen molar-refractivity contribution < 1.29 is 9.53 Å². The fourth-order valence-electron chi connectivity index (χ4n) is 2.07. The number of carbonyl (C=O) groups excluding carboxylic acids is 1. The van der Waals surface area contributed by atoms with Gasteiger partial charge >= 0.3 is 0 Å². The van der Waals surface area contributed by atoms with Crippen molar-refractivity contribution in [2.45, 2.75) is 6.54 Å². The van der Waals surface area contributed by atoms with E-state index in [2.05, 4.69) is 20.5 Å². The number of anilines is 1. The number of carbonyl (C=O) groups is 1. The number of ether oxygens (including phenoxy) is 1. The number of nitrogens with zero attached hydrogens (tertiary/aromatic N) is 2. The highest BCUT2D eigenvalue weighted by Crippen LogP contribution is 2.11. The standard InChI is InChI=1S/C18H24N4O2/c1-22(2)11-10-19-17-9-6-15(13-20-17)18(23)21-12-14-4-7-16(24-3)8-5-14/h4-9,13H,10-12H2,1-3H3,(H,19,20)(H,21,23). The molecule has 1 aromatic carbocycles. The van der Waals surface area contributed by atoms with Crippen LogP contribution in [0.5, 0.6) is 5.75 Å². The van der Waals surface area contributed by atoms with Crippen molar-refractivity contribution in [3.63, 3.8) is 0 Å². The van der Waals surface area contributed by atoms with E-state index < -0.39 is 0 Å². The van der Waals surface area contributed by atoms with Crippen molar-refractivity contribution >= 4 is 11.7 Å². The molecule has 0 unspecified atom stereocenters. The predicted octanol–water partition coefficient (Wildman–Crippen LogP) is 1.99. The summed E-state index contributed by atoms with van der Waals surface area (Å²) in [7, 11) is 5.67. The second-order valence-corrected chi connectivity index (χ2v) is 5.69. The van der Waals surface area contributed by atoms with Gasteiger partial charge in [-0.1, -0.05) is 12.1 Å². The monoisotopic (exact) mass is 328 g/mol. The molecule has 2 rings (SSSR count). The third-order valence-electron chi connectivity index (χ3n) is 3.50. The van der Waals surface area contributed by atoms with Gasteiger partial charge in [-0.2, -0.15) is 0 Å². The molecular formula is C18H24N4O2. The molecule has 1 amide bonds. The number of nitrogens with one attached hydrogen (secondary N) is 2. The minimum atomic E-state index is -0.141. The van der Waals surface area contributed by atoms with Crippen LogP contribution in [-0.2, 0) is 6.54 Å². The third-order valence-corrected chi connectivity index (χ3v) is 3.50. The van der Waals surface area contributed by atoms with Gasteiger partial charge < -0.3 is 20.3 Å². The quantitative estimate of drug-likeness (QED) is 0.776. The van der Waals surface area contributed by atoms with Gasteiger partial charge in [0.2, 0.25) is 0 Å². The van der Waals surface area contributed by atoms with Crippen LogP contribution in [0, 0.1) is 0 Å². The molecule has 0 aliphatic carbocycles. The first-order chi connectivity index (χ1) is 11.6. The van der Waals surface area contributed by atoms with Gasteiger partial charge in [-0.25, -0.2) is 4.98 Å². The Labute approximate surface area is 142 Å². The summed E-state index contributed by atoms with van der Waals surface area (Å²) in [6.45, 7) is 2.19. The molecule has 0 saturated heterocycles. The zero-order valence-corrected chi connectivity index (χ0v) is 14.4. The van der Waals surface area contributed by atoms with Crippen molar-refractivity contribution in [1.82, 2.24) is 15.2 Å². The number of likely N-dealkylation sites (N-methyl/N-ethyl adjacent to an activating group) is 1. The van der Waals surface area contributed by atoms with E-state index in [1.807, 2.05) is 44.4 Å². The molecule has 1 heterocycles. The molecular weight excluding hydrogens is 304 g/mol. The molecule has 0 aliphatic heterocycles. The highest BCUT2D eigenvalue weighted by molar-refractivity contribution is 5.94. The first kappa shape index (κ1) is 17.7. The number of aromatic nitrogens is 1. The minimum Gasteiger partial charge on any atom is -0.497 e. The van der Waals surface area contributed by atoms with Crippen LogP contribution in [0.1, 0.15) is 15.9 Å². The zero-order chi connectivity index (χ0) is 17.4. The first-order valence-corrected chi connectivity index (χ1v) is 7.84. The lowest BCUT2D eigenvalue weighted by molar-refractivity contribution is 0.0950. The Morgan fingerprint density at radius 1 is 1.17 bits per heavy atom.